The van der Waals surface area contributed by atoms with Gasteiger partial charge < -0.3 is 5.32 Å². The molecule has 2 saturated carbocycles. The predicted octanol–water partition coefficient (Wildman–Crippen LogP) is 2.81. The Labute approximate surface area is 82.3 Å². The van der Waals surface area contributed by atoms with Gasteiger partial charge in [-0.25, -0.2) is 0 Å². The van der Waals surface area contributed by atoms with Crippen LogP contribution in [-0.2, 0) is 0 Å². The summed E-state index contributed by atoms with van der Waals surface area (Å²) in [5, 5.41) is 3.81. The molecule has 1 heteroatoms. The highest BCUT2D eigenvalue weighted by atomic mass is 15.0. The van der Waals surface area contributed by atoms with Crippen LogP contribution in [0.5, 0.6) is 0 Å². The summed E-state index contributed by atoms with van der Waals surface area (Å²) in [7, 11) is 0. The predicted molar refractivity (Wildman–Crippen MR) is 56.7 cm³/mol. The zero-order chi connectivity index (χ0) is 9.42. The van der Waals surface area contributed by atoms with Crippen LogP contribution < -0.4 is 5.32 Å². The van der Waals surface area contributed by atoms with Crippen molar-refractivity contribution in [2.45, 2.75) is 58.5 Å². The summed E-state index contributed by atoms with van der Waals surface area (Å²) in [6.45, 7) is 6.95. The largest absolute Gasteiger partial charge is 0.311 e. The molecule has 0 aromatic heterocycles. The van der Waals surface area contributed by atoms with Crippen LogP contribution in [0.4, 0.5) is 0 Å². The van der Waals surface area contributed by atoms with Crippen LogP contribution in [0.2, 0.25) is 0 Å². The fourth-order valence-corrected chi connectivity index (χ4v) is 2.98. The maximum Gasteiger partial charge on any atom is 0.0101 e. The third kappa shape index (κ3) is 1.90. The van der Waals surface area contributed by atoms with Crippen molar-refractivity contribution >= 4 is 0 Å². The second-order valence-electron chi connectivity index (χ2n) is 5.48. The van der Waals surface area contributed by atoms with E-state index in [0.29, 0.717) is 6.04 Å². The Morgan fingerprint density at radius 2 is 1.85 bits per heavy atom. The van der Waals surface area contributed by atoms with Crippen molar-refractivity contribution in [1.29, 1.82) is 0 Å². The number of nitrogens with one attached hydrogen (secondary N) is 1. The van der Waals surface area contributed by atoms with Gasteiger partial charge in [0.1, 0.15) is 0 Å². The lowest BCUT2D eigenvalue weighted by atomic mass is 9.93. The van der Waals surface area contributed by atoms with Crippen LogP contribution in [0.15, 0.2) is 0 Å². The fraction of sp³-hybridized carbons (Fsp3) is 1.00. The Hall–Kier alpha value is -0.0400. The smallest absolute Gasteiger partial charge is 0.0101 e. The van der Waals surface area contributed by atoms with Crippen LogP contribution in [0, 0.1) is 17.8 Å². The van der Waals surface area contributed by atoms with E-state index >= 15 is 0 Å². The minimum Gasteiger partial charge on any atom is -0.311 e. The first kappa shape index (κ1) is 9.51. The molecule has 2 aliphatic carbocycles. The molecule has 0 spiro atoms. The number of fused-ring (bicyclic) bond motifs is 2. The van der Waals surface area contributed by atoms with Crippen LogP contribution in [0.3, 0.4) is 0 Å². The Kier molecular flexibility index (Phi) is 2.64. The van der Waals surface area contributed by atoms with E-state index in [-0.39, 0.29) is 0 Å². The molecule has 0 unspecified atom stereocenters. The normalized spacial score (nSPS) is 40.2. The highest BCUT2D eigenvalue weighted by Gasteiger charge is 2.39. The molecule has 0 aliphatic heterocycles. The lowest BCUT2D eigenvalue weighted by molar-refractivity contribution is 0.294. The molecule has 0 radical (unpaired) electrons. The van der Waals surface area contributed by atoms with Gasteiger partial charge >= 0.3 is 0 Å². The quantitative estimate of drug-likeness (QED) is 0.706. The number of hydrogen-bond acceptors (Lipinski definition) is 1. The lowest BCUT2D eigenvalue weighted by Gasteiger charge is -2.28. The Bertz CT molecular complexity index is 176. The van der Waals surface area contributed by atoms with E-state index < -0.39 is 0 Å². The summed E-state index contributed by atoms with van der Waals surface area (Å²) in [4.78, 5) is 0. The summed E-state index contributed by atoms with van der Waals surface area (Å²) in [6, 6.07) is 1.56. The van der Waals surface area contributed by atoms with Crippen molar-refractivity contribution in [2.24, 2.45) is 17.8 Å². The summed E-state index contributed by atoms with van der Waals surface area (Å²) in [5.74, 6) is 2.87. The first-order valence-electron chi connectivity index (χ1n) is 5.93. The summed E-state index contributed by atoms with van der Waals surface area (Å²) in [6.07, 6.45) is 5.98. The average Bonchev–Trinajstić information content (AvgIpc) is 2.64. The standard InChI is InChI=1S/C12H23N/c1-8(2)9(3)13-12-7-10-4-5-11(12)6-10/h8-13H,4-7H2,1-3H3/t9-,10+,11+,12+/m0/s1. The molecular weight excluding hydrogens is 158 g/mol. The molecule has 0 aromatic carbocycles. The Morgan fingerprint density at radius 1 is 1.08 bits per heavy atom. The first-order valence-corrected chi connectivity index (χ1v) is 5.93. The highest BCUT2D eigenvalue weighted by molar-refractivity contribution is 4.95. The molecule has 0 heterocycles. The summed E-state index contributed by atoms with van der Waals surface area (Å²) < 4.78 is 0. The molecule has 2 fully saturated rings. The van der Waals surface area contributed by atoms with Gasteiger partial charge in [-0.1, -0.05) is 20.3 Å². The van der Waals surface area contributed by atoms with E-state index in [4.69, 9.17) is 0 Å². The van der Waals surface area contributed by atoms with Crippen LogP contribution in [0.25, 0.3) is 0 Å². The minimum atomic E-state index is 0.698. The van der Waals surface area contributed by atoms with Crippen molar-refractivity contribution < 1.29 is 0 Å². The summed E-state index contributed by atoms with van der Waals surface area (Å²) in [5.41, 5.74) is 0. The molecular formula is C12H23N. The molecule has 0 aromatic rings. The molecule has 4 atom stereocenters. The van der Waals surface area contributed by atoms with E-state index in [2.05, 4.69) is 26.1 Å². The van der Waals surface area contributed by atoms with Crippen LogP contribution in [-0.4, -0.2) is 12.1 Å². The van der Waals surface area contributed by atoms with Crippen molar-refractivity contribution in [3.05, 3.63) is 0 Å². The third-order valence-electron chi connectivity index (χ3n) is 4.22. The highest BCUT2D eigenvalue weighted by Crippen LogP contribution is 2.44. The molecule has 0 amide bonds. The average molecular weight is 181 g/mol. The van der Waals surface area contributed by atoms with Gasteiger partial charge in [0.05, 0.1) is 0 Å². The molecule has 2 aliphatic rings. The van der Waals surface area contributed by atoms with Gasteiger partial charge in [0.25, 0.3) is 0 Å². The molecule has 13 heavy (non-hydrogen) atoms. The monoisotopic (exact) mass is 181 g/mol. The Morgan fingerprint density at radius 3 is 2.31 bits per heavy atom. The second-order valence-corrected chi connectivity index (χ2v) is 5.48. The zero-order valence-corrected chi connectivity index (χ0v) is 9.22. The van der Waals surface area contributed by atoms with Crippen molar-refractivity contribution in [3.8, 4) is 0 Å². The number of hydrogen-bond donors (Lipinski definition) is 1. The Balaban J connectivity index is 1.83. The molecule has 1 N–H and O–H groups in total. The molecule has 2 rings (SSSR count). The van der Waals surface area contributed by atoms with Gasteiger partial charge in [-0.15, -0.1) is 0 Å². The van der Waals surface area contributed by atoms with Gasteiger partial charge in [0.2, 0.25) is 0 Å². The van der Waals surface area contributed by atoms with E-state index in [0.717, 1.165) is 23.8 Å². The van der Waals surface area contributed by atoms with Gasteiger partial charge in [-0.05, 0) is 43.9 Å². The SMILES string of the molecule is CC(C)[C@H](C)N[C@@H]1C[C@@H]2CC[C@@H]1C2. The van der Waals surface area contributed by atoms with E-state index in [1.165, 1.54) is 25.7 Å². The second kappa shape index (κ2) is 3.61. The molecule has 0 saturated heterocycles. The maximum atomic E-state index is 3.81. The van der Waals surface area contributed by atoms with Crippen LogP contribution in [0.1, 0.15) is 46.5 Å². The third-order valence-corrected chi connectivity index (χ3v) is 4.22. The van der Waals surface area contributed by atoms with Crippen molar-refractivity contribution in [2.75, 3.05) is 0 Å². The van der Waals surface area contributed by atoms with Crippen molar-refractivity contribution in [3.63, 3.8) is 0 Å². The number of rotatable bonds is 3. The first-order chi connectivity index (χ1) is 6.16. The summed E-state index contributed by atoms with van der Waals surface area (Å²) >= 11 is 0. The zero-order valence-electron chi connectivity index (χ0n) is 9.22. The molecule has 1 nitrogen and oxygen atoms in total. The van der Waals surface area contributed by atoms with Gasteiger partial charge in [-0.2, -0.15) is 0 Å². The van der Waals surface area contributed by atoms with Gasteiger partial charge in [-0.3, -0.25) is 0 Å². The minimum absolute atomic E-state index is 0.698. The topological polar surface area (TPSA) is 12.0 Å². The van der Waals surface area contributed by atoms with Crippen LogP contribution >= 0.6 is 0 Å². The van der Waals surface area contributed by atoms with E-state index in [1.54, 1.807) is 0 Å². The van der Waals surface area contributed by atoms with E-state index in [9.17, 15) is 0 Å². The molecule has 2 bridgehead atoms. The maximum absolute atomic E-state index is 3.81. The van der Waals surface area contributed by atoms with E-state index in [1.807, 2.05) is 0 Å². The molecule has 76 valence electrons. The lowest BCUT2D eigenvalue weighted by Crippen LogP contribution is -2.42. The van der Waals surface area contributed by atoms with Crippen molar-refractivity contribution in [1.82, 2.24) is 5.32 Å². The van der Waals surface area contributed by atoms with Gasteiger partial charge in [0.15, 0.2) is 0 Å². The van der Waals surface area contributed by atoms with Gasteiger partial charge in [0, 0.05) is 12.1 Å². The fourth-order valence-electron chi connectivity index (χ4n) is 2.98.